The highest BCUT2D eigenvalue weighted by molar-refractivity contribution is 9.10. The van der Waals surface area contributed by atoms with Gasteiger partial charge in [-0.1, -0.05) is 124 Å². The van der Waals surface area contributed by atoms with Crippen molar-refractivity contribution < 1.29 is 4.74 Å². The predicted octanol–water partition coefficient (Wildman–Crippen LogP) is 7.81. The maximum atomic E-state index is 14.4. The average Bonchev–Trinajstić information content (AvgIpc) is 3.38. The van der Waals surface area contributed by atoms with Crippen molar-refractivity contribution in [2.75, 3.05) is 0 Å². The molecule has 1 aromatic heterocycles. The second kappa shape index (κ2) is 11.2. The zero-order chi connectivity index (χ0) is 29.6. The Morgan fingerprint density at radius 1 is 0.864 bits per heavy atom. The topological polar surface area (TPSA) is 43.6 Å². The second-order valence-electron chi connectivity index (χ2n) is 11.1. The lowest BCUT2D eigenvalue weighted by Gasteiger charge is -2.30. The Labute approximate surface area is 267 Å². The van der Waals surface area contributed by atoms with Gasteiger partial charge in [0.15, 0.2) is 4.80 Å². The summed E-state index contributed by atoms with van der Waals surface area (Å²) in [4.78, 5) is 20.3. The number of aryl methyl sites for hydroxylation is 1. The van der Waals surface area contributed by atoms with E-state index < -0.39 is 0 Å². The molecular formula is C38H27BrN2O2S. The lowest BCUT2D eigenvalue weighted by molar-refractivity contribution is 0.306. The molecule has 1 atom stereocenters. The summed E-state index contributed by atoms with van der Waals surface area (Å²) in [6.07, 6.45) is 3.79. The fourth-order valence-corrected chi connectivity index (χ4v) is 7.63. The van der Waals surface area contributed by atoms with Crippen molar-refractivity contribution >= 4 is 49.8 Å². The molecule has 8 rings (SSSR count). The van der Waals surface area contributed by atoms with Crippen LogP contribution in [0.15, 0.2) is 135 Å². The summed E-state index contributed by atoms with van der Waals surface area (Å²) in [5, 5.41) is 2.14. The lowest BCUT2D eigenvalue weighted by atomic mass is 9.83. The average molecular weight is 656 g/mol. The Morgan fingerprint density at radius 2 is 1.64 bits per heavy atom. The van der Waals surface area contributed by atoms with Crippen LogP contribution >= 0.6 is 27.3 Å². The normalized spacial score (nSPS) is 15.8. The van der Waals surface area contributed by atoms with E-state index in [2.05, 4.69) is 94.8 Å². The van der Waals surface area contributed by atoms with Crippen molar-refractivity contribution in [3.63, 3.8) is 0 Å². The third-order valence-corrected chi connectivity index (χ3v) is 10.0. The van der Waals surface area contributed by atoms with E-state index in [1.165, 1.54) is 28.0 Å². The molecule has 4 nitrogen and oxygen atoms in total. The lowest BCUT2D eigenvalue weighted by Crippen LogP contribution is -2.38. The predicted molar refractivity (Wildman–Crippen MR) is 182 cm³/mol. The van der Waals surface area contributed by atoms with Crippen molar-refractivity contribution in [2.24, 2.45) is 4.99 Å². The number of fused-ring (bicyclic) bond motifs is 4. The Hall–Kier alpha value is -4.52. The molecular weight excluding hydrogens is 628 g/mol. The fourth-order valence-electron chi connectivity index (χ4n) is 6.38. The van der Waals surface area contributed by atoms with E-state index in [-0.39, 0.29) is 11.6 Å². The van der Waals surface area contributed by atoms with E-state index in [1.807, 2.05) is 47.0 Å². The summed E-state index contributed by atoms with van der Waals surface area (Å²) < 4.78 is 9.95. The molecule has 0 amide bonds. The first kappa shape index (κ1) is 27.1. The standard InChI is InChI=1S/C38H27BrN2O2S/c39-28-18-14-27(15-19-28)36-31-20-16-26-11-5-7-13-30(26)35(31)40-38-41(36)37(42)34(44-38)22-32-29-12-6-4-10-25(29)17-21-33(32)43-23-24-8-2-1-3-9-24/h1-15,17-19,21-22,36H,16,20,23H2/b34-22-/t36-/m1/s1. The van der Waals surface area contributed by atoms with Gasteiger partial charge in [0.05, 0.1) is 16.3 Å². The molecule has 0 spiro atoms. The van der Waals surface area contributed by atoms with E-state index >= 15 is 0 Å². The van der Waals surface area contributed by atoms with Gasteiger partial charge in [-0.25, -0.2) is 4.99 Å². The van der Waals surface area contributed by atoms with Crippen molar-refractivity contribution in [1.29, 1.82) is 0 Å². The summed E-state index contributed by atoms with van der Waals surface area (Å²) in [6.45, 7) is 0.441. The van der Waals surface area contributed by atoms with Gasteiger partial charge in [-0.3, -0.25) is 9.36 Å². The number of rotatable bonds is 5. The SMILES string of the molecule is O=c1/c(=C/c2c(OCc3ccccc3)ccc3ccccc23)sc2n1[C@H](c1ccc(Br)cc1)C1=C(N=2)c2ccccc2CC1. The Balaban J connectivity index is 1.33. The molecule has 2 aliphatic rings. The first-order chi connectivity index (χ1) is 21.6. The molecule has 0 saturated heterocycles. The summed E-state index contributed by atoms with van der Waals surface area (Å²) in [5.41, 5.74) is 7.71. The highest BCUT2D eigenvalue weighted by atomic mass is 79.9. The van der Waals surface area contributed by atoms with Crippen LogP contribution in [-0.2, 0) is 13.0 Å². The quantitative estimate of drug-likeness (QED) is 0.190. The van der Waals surface area contributed by atoms with Gasteiger partial charge in [0.2, 0.25) is 0 Å². The van der Waals surface area contributed by atoms with Crippen LogP contribution in [-0.4, -0.2) is 4.57 Å². The third kappa shape index (κ3) is 4.75. The van der Waals surface area contributed by atoms with Crippen molar-refractivity contribution in [2.45, 2.75) is 25.5 Å². The van der Waals surface area contributed by atoms with Crippen LogP contribution in [0.1, 0.15) is 40.3 Å². The Kier molecular flexibility index (Phi) is 6.89. The molecule has 5 aromatic carbocycles. The molecule has 2 heterocycles. The molecule has 0 N–H and O–H groups in total. The van der Waals surface area contributed by atoms with Crippen LogP contribution in [0.4, 0.5) is 0 Å². The smallest absolute Gasteiger partial charge is 0.271 e. The molecule has 0 fully saturated rings. The highest BCUT2D eigenvalue weighted by Gasteiger charge is 2.32. The molecule has 44 heavy (non-hydrogen) atoms. The highest BCUT2D eigenvalue weighted by Crippen LogP contribution is 2.41. The zero-order valence-corrected chi connectivity index (χ0v) is 26.1. The monoisotopic (exact) mass is 654 g/mol. The van der Waals surface area contributed by atoms with Crippen molar-refractivity contribution in [1.82, 2.24) is 4.57 Å². The summed E-state index contributed by atoms with van der Waals surface area (Å²) in [5.74, 6) is 0.746. The third-order valence-electron chi connectivity index (χ3n) is 8.50. The van der Waals surface area contributed by atoms with Gasteiger partial charge >= 0.3 is 0 Å². The molecule has 6 heteroatoms. The number of ether oxygens (including phenoxy) is 1. The van der Waals surface area contributed by atoms with Crippen molar-refractivity contribution in [3.8, 4) is 5.75 Å². The summed E-state index contributed by atoms with van der Waals surface area (Å²) >= 11 is 5.04. The number of halogens is 1. The van der Waals surface area contributed by atoms with E-state index in [0.29, 0.717) is 11.1 Å². The number of benzene rings is 5. The molecule has 1 aliphatic heterocycles. The van der Waals surface area contributed by atoms with E-state index in [9.17, 15) is 4.79 Å². The molecule has 0 saturated carbocycles. The molecule has 0 radical (unpaired) electrons. The minimum absolute atomic E-state index is 0.0333. The Bertz CT molecular complexity index is 2270. The second-order valence-corrected chi connectivity index (χ2v) is 13.1. The summed E-state index contributed by atoms with van der Waals surface area (Å²) in [7, 11) is 0. The number of nitrogens with zero attached hydrogens (tertiary/aromatic N) is 2. The molecule has 214 valence electrons. The fraction of sp³-hybridized carbons (Fsp3) is 0.105. The number of hydrogen-bond donors (Lipinski definition) is 0. The maximum absolute atomic E-state index is 14.4. The van der Waals surface area contributed by atoms with Crippen LogP contribution in [0.3, 0.4) is 0 Å². The van der Waals surface area contributed by atoms with Gasteiger partial charge in [0.25, 0.3) is 5.56 Å². The molecule has 1 aliphatic carbocycles. The minimum atomic E-state index is -0.217. The number of hydrogen-bond acceptors (Lipinski definition) is 4. The van der Waals surface area contributed by atoms with Crippen LogP contribution in [0, 0.1) is 0 Å². The van der Waals surface area contributed by atoms with Crippen LogP contribution < -0.4 is 19.6 Å². The first-order valence-electron chi connectivity index (χ1n) is 14.7. The minimum Gasteiger partial charge on any atom is -0.488 e. The van der Waals surface area contributed by atoms with Gasteiger partial charge in [0, 0.05) is 15.6 Å². The molecule has 6 aromatic rings. The number of aromatic nitrogens is 1. The summed E-state index contributed by atoms with van der Waals surface area (Å²) in [6, 6.07) is 39.1. The zero-order valence-electron chi connectivity index (χ0n) is 23.7. The molecule has 0 bridgehead atoms. The van der Waals surface area contributed by atoms with Crippen molar-refractivity contribution in [3.05, 3.63) is 173 Å². The van der Waals surface area contributed by atoms with Crippen LogP contribution in [0.5, 0.6) is 5.75 Å². The number of thiazole rings is 1. The largest absolute Gasteiger partial charge is 0.488 e. The van der Waals surface area contributed by atoms with E-state index in [1.54, 1.807) is 0 Å². The van der Waals surface area contributed by atoms with Crippen LogP contribution in [0.25, 0.3) is 22.5 Å². The van der Waals surface area contributed by atoms with Gasteiger partial charge in [0.1, 0.15) is 12.4 Å². The van der Waals surface area contributed by atoms with Gasteiger partial charge in [-0.2, -0.15) is 0 Å². The van der Waals surface area contributed by atoms with Crippen LogP contribution in [0.2, 0.25) is 0 Å². The number of allylic oxidation sites excluding steroid dienone is 1. The van der Waals surface area contributed by atoms with Gasteiger partial charge in [-0.05, 0) is 70.2 Å². The van der Waals surface area contributed by atoms with E-state index in [4.69, 9.17) is 9.73 Å². The maximum Gasteiger partial charge on any atom is 0.271 e. The van der Waals surface area contributed by atoms with Gasteiger partial charge in [-0.15, -0.1) is 0 Å². The first-order valence-corrected chi connectivity index (χ1v) is 16.3. The van der Waals surface area contributed by atoms with Gasteiger partial charge < -0.3 is 4.74 Å². The van der Waals surface area contributed by atoms with E-state index in [0.717, 1.165) is 61.0 Å². The molecule has 0 unspecified atom stereocenters. The Morgan fingerprint density at radius 3 is 2.50 bits per heavy atom.